The monoisotopic (exact) mass is 411 g/mol. The van der Waals surface area contributed by atoms with E-state index in [1.807, 2.05) is 6.92 Å². The summed E-state index contributed by atoms with van der Waals surface area (Å²) in [5.74, 6) is -0.679. The molecule has 8 nitrogen and oxygen atoms in total. The Morgan fingerprint density at radius 1 is 0.966 bits per heavy atom. The van der Waals surface area contributed by atoms with Gasteiger partial charge in [0, 0.05) is 17.8 Å². The summed E-state index contributed by atoms with van der Waals surface area (Å²) in [5.41, 5.74) is 0.795. The van der Waals surface area contributed by atoms with Crippen molar-refractivity contribution in [1.82, 2.24) is 0 Å². The predicted molar refractivity (Wildman–Crippen MR) is 109 cm³/mol. The van der Waals surface area contributed by atoms with Crippen LogP contribution in [0.1, 0.15) is 15.9 Å². The van der Waals surface area contributed by atoms with Gasteiger partial charge in [-0.1, -0.05) is 35.9 Å². The lowest BCUT2D eigenvalue weighted by molar-refractivity contribution is -0.384. The number of aryl methyl sites for hydroxylation is 1. The van der Waals surface area contributed by atoms with Crippen LogP contribution in [0.25, 0.3) is 0 Å². The van der Waals surface area contributed by atoms with E-state index >= 15 is 0 Å². The van der Waals surface area contributed by atoms with Gasteiger partial charge in [0.15, 0.2) is 0 Å². The Kier molecular flexibility index (Phi) is 5.60. The second-order valence-corrected chi connectivity index (χ2v) is 7.91. The van der Waals surface area contributed by atoms with Gasteiger partial charge in [0.05, 0.1) is 21.1 Å². The summed E-state index contributed by atoms with van der Waals surface area (Å²) < 4.78 is 27.7. The molecule has 0 atom stereocenters. The van der Waals surface area contributed by atoms with Crippen molar-refractivity contribution in [3.63, 3.8) is 0 Å². The number of nitrogens with one attached hydrogen (secondary N) is 2. The second kappa shape index (κ2) is 8.11. The SMILES string of the molecule is Cc1ccc(S(=O)(=O)Nc2ccc([N+](=O)[O-])cc2C(=O)Nc2ccccc2)cc1. The zero-order chi connectivity index (χ0) is 21.0. The molecule has 3 rings (SSSR count). The Morgan fingerprint density at radius 2 is 1.62 bits per heavy atom. The van der Waals surface area contributed by atoms with Crippen LogP contribution in [0.4, 0.5) is 17.1 Å². The van der Waals surface area contributed by atoms with Crippen molar-refractivity contribution in [2.45, 2.75) is 11.8 Å². The third-order valence-electron chi connectivity index (χ3n) is 4.07. The molecule has 0 saturated heterocycles. The highest BCUT2D eigenvalue weighted by molar-refractivity contribution is 7.92. The second-order valence-electron chi connectivity index (χ2n) is 6.23. The average Bonchev–Trinajstić information content (AvgIpc) is 2.69. The number of non-ortho nitro benzene ring substituents is 1. The molecule has 0 saturated carbocycles. The number of hydrogen-bond acceptors (Lipinski definition) is 5. The number of hydrogen-bond donors (Lipinski definition) is 2. The maximum atomic E-state index is 12.7. The van der Waals surface area contributed by atoms with Gasteiger partial charge in [-0.3, -0.25) is 19.6 Å². The number of rotatable bonds is 6. The summed E-state index contributed by atoms with van der Waals surface area (Å²) in [5, 5.41) is 13.7. The summed E-state index contributed by atoms with van der Waals surface area (Å²) in [7, 11) is -3.99. The zero-order valence-electron chi connectivity index (χ0n) is 15.3. The van der Waals surface area contributed by atoms with Crippen molar-refractivity contribution in [3.05, 3.63) is 94.0 Å². The molecule has 0 spiro atoms. The van der Waals surface area contributed by atoms with Crippen LogP contribution in [-0.4, -0.2) is 19.2 Å². The molecule has 1 amide bonds. The average molecular weight is 411 g/mol. The maximum Gasteiger partial charge on any atom is 0.270 e. The third kappa shape index (κ3) is 4.77. The molecule has 3 aromatic carbocycles. The first-order valence-corrected chi connectivity index (χ1v) is 9.99. The van der Waals surface area contributed by atoms with Crippen LogP contribution in [0, 0.1) is 17.0 Å². The molecule has 0 aromatic heterocycles. The van der Waals surface area contributed by atoms with E-state index < -0.39 is 20.9 Å². The minimum Gasteiger partial charge on any atom is -0.322 e. The van der Waals surface area contributed by atoms with Crippen LogP contribution >= 0.6 is 0 Å². The van der Waals surface area contributed by atoms with Crippen molar-refractivity contribution >= 4 is 33.0 Å². The topological polar surface area (TPSA) is 118 Å². The molecule has 0 aliphatic rings. The van der Waals surface area contributed by atoms with Crippen molar-refractivity contribution in [2.75, 3.05) is 10.0 Å². The van der Waals surface area contributed by atoms with Crippen molar-refractivity contribution in [2.24, 2.45) is 0 Å². The fourth-order valence-corrected chi connectivity index (χ4v) is 3.64. The number of nitro benzene ring substituents is 1. The molecule has 2 N–H and O–H groups in total. The number of amides is 1. The highest BCUT2D eigenvalue weighted by Gasteiger charge is 2.21. The number of nitro groups is 1. The molecule has 29 heavy (non-hydrogen) atoms. The van der Waals surface area contributed by atoms with Gasteiger partial charge in [-0.15, -0.1) is 0 Å². The largest absolute Gasteiger partial charge is 0.322 e. The van der Waals surface area contributed by atoms with Gasteiger partial charge in [0.2, 0.25) is 0 Å². The highest BCUT2D eigenvalue weighted by atomic mass is 32.2. The van der Waals surface area contributed by atoms with E-state index in [1.165, 1.54) is 18.2 Å². The quantitative estimate of drug-likeness (QED) is 0.470. The van der Waals surface area contributed by atoms with Gasteiger partial charge in [-0.05, 0) is 37.3 Å². The molecule has 0 radical (unpaired) electrons. The van der Waals surface area contributed by atoms with Crippen molar-refractivity contribution < 1.29 is 18.1 Å². The standard InChI is InChI=1S/C20H17N3O5S/c1-14-7-10-17(11-8-14)29(27,28)22-19-12-9-16(23(25)26)13-18(19)20(24)21-15-5-3-2-4-6-15/h2-13,22H,1H3,(H,21,24). The van der Waals surface area contributed by atoms with Crippen LogP contribution in [0.15, 0.2) is 77.7 Å². The minimum atomic E-state index is -3.99. The van der Waals surface area contributed by atoms with Crippen LogP contribution in [0.5, 0.6) is 0 Å². The first-order valence-electron chi connectivity index (χ1n) is 8.50. The predicted octanol–water partition coefficient (Wildman–Crippen LogP) is 3.96. The molecular formula is C20H17N3O5S. The molecule has 9 heteroatoms. The number of anilines is 2. The number of sulfonamides is 1. The molecular weight excluding hydrogens is 394 g/mol. The molecule has 0 heterocycles. The molecule has 0 aliphatic heterocycles. The molecule has 148 valence electrons. The fourth-order valence-electron chi connectivity index (χ4n) is 2.56. The lowest BCUT2D eigenvalue weighted by atomic mass is 10.1. The van der Waals surface area contributed by atoms with E-state index in [9.17, 15) is 23.3 Å². The van der Waals surface area contributed by atoms with E-state index in [2.05, 4.69) is 10.0 Å². The Labute approximate surface area is 167 Å². The molecule has 0 bridgehead atoms. The van der Waals surface area contributed by atoms with Gasteiger partial charge in [-0.25, -0.2) is 8.42 Å². The number of benzene rings is 3. The van der Waals surface area contributed by atoms with Crippen LogP contribution < -0.4 is 10.0 Å². The summed E-state index contributed by atoms with van der Waals surface area (Å²) in [6, 6.07) is 18.0. The zero-order valence-corrected chi connectivity index (χ0v) is 16.1. The summed E-state index contributed by atoms with van der Waals surface area (Å²) in [6.07, 6.45) is 0. The van der Waals surface area contributed by atoms with E-state index in [-0.39, 0.29) is 21.8 Å². The molecule has 0 aliphatic carbocycles. The van der Waals surface area contributed by atoms with E-state index in [4.69, 9.17) is 0 Å². The van der Waals surface area contributed by atoms with Crippen LogP contribution in [0.2, 0.25) is 0 Å². The third-order valence-corrected chi connectivity index (χ3v) is 5.45. The van der Waals surface area contributed by atoms with Gasteiger partial charge in [-0.2, -0.15) is 0 Å². The first kappa shape index (κ1) is 20.0. The van der Waals surface area contributed by atoms with Crippen LogP contribution in [0.3, 0.4) is 0 Å². The van der Waals surface area contributed by atoms with E-state index in [0.717, 1.165) is 17.7 Å². The lowest BCUT2D eigenvalue weighted by Gasteiger charge is -2.13. The van der Waals surface area contributed by atoms with Crippen molar-refractivity contribution in [1.29, 1.82) is 0 Å². The maximum absolute atomic E-state index is 12.7. The molecule has 0 unspecified atom stereocenters. The summed E-state index contributed by atoms with van der Waals surface area (Å²) in [6.45, 7) is 1.83. The normalized spacial score (nSPS) is 10.9. The fraction of sp³-hybridized carbons (Fsp3) is 0.0500. The number of para-hydroxylation sites is 1. The number of carbonyl (C=O) groups excluding carboxylic acids is 1. The highest BCUT2D eigenvalue weighted by Crippen LogP contribution is 2.26. The van der Waals surface area contributed by atoms with E-state index in [0.29, 0.717) is 5.69 Å². The summed E-state index contributed by atoms with van der Waals surface area (Å²) >= 11 is 0. The van der Waals surface area contributed by atoms with Gasteiger partial charge in [0.25, 0.3) is 21.6 Å². The Morgan fingerprint density at radius 3 is 2.24 bits per heavy atom. The minimum absolute atomic E-state index is 0.0101. The smallest absolute Gasteiger partial charge is 0.270 e. The first-order chi connectivity index (χ1) is 13.8. The lowest BCUT2D eigenvalue weighted by Crippen LogP contribution is -2.19. The van der Waals surface area contributed by atoms with Crippen molar-refractivity contribution in [3.8, 4) is 0 Å². The Balaban J connectivity index is 1.98. The Hall–Kier alpha value is -3.72. The van der Waals surface area contributed by atoms with Gasteiger partial charge >= 0.3 is 0 Å². The van der Waals surface area contributed by atoms with Gasteiger partial charge in [0.1, 0.15) is 0 Å². The summed E-state index contributed by atoms with van der Waals surface area (Å²) in [4.78, 5) is 23.2. The Bertz CT molecular complexity index is 1160. The number of nitrogens with zero attached hydrogens (tertiary/aromatic N) is 1. The molecule has 3 aromatic rings. The van der Waals surface area contributed by atoms with Crippen LogP contribution in [-0.2, 0) is 10.0 Å². The van der Waals surface area contributed by atoms with Gasteiger partial charge < -0.3 is 5.32 Å². The van der Waals surface area contributed by atoms with E-state index in [1.54, 1.807) is 42.5 Å². The number of carbonyl (C=O) groups is 1. The molecule has 0 fully saturated rings.